The van der Waals surface area contributed by atoms with Crippen LogP contribution in [0.25, 0.3) is 0 Å². The van der Waals surface area contributed by atoms with Gasteiger partial charge in [0.1, 0.15) is 18.0 Å². The third-order valence-corrected chi connectivity index (χ3v) is 5.67. The monoisotopic (exact) mass is 404 g/mol. The second-order valence-electron chi connectivity index (χ2n) is 7.94. The van der Waals surface area contributed by atoms with Gasteiger partial charge in [-0.3, -0.25) is 10.2 Å². The molecule has 1 aromatic carbocycles. The van der Waals surface area contributed by atoms with Gasteiger partial charge in [-0.1, -0.05) is 30.3 Å². The van der Waals surface area contributed by atoms with E-state index >= 15 is 0 Å². The molecular formula is C21H24N8O. The van der Waals surface area contributed by atoms with Crippen LogP contribution in [-0.2, 0) is 13.1 Å². The van der Waals surface area contributed by atoms with Crippen molar-refractivity contribution in [3.05, 3.63) is 59.8 Å². The standard InChI is InChI=1S/C21H24N8O/c1-27-18-11-17(15-7-8-15)25-29(18)10-9-16(19(27)22)24-21(30)20-23-13-28(26-20)12-14-5-3-2-4-6-14/h2-6,11,13,15-16,22H,7-10,12H2,1H3,(H,24,30)/t16-/m0/s1. The first-order chi connectivity index (χ1) is 14.6. The zero-order valence-corrected chi connectivity index (χ0v) is 16.8. The normalized spacial score (nSPS) is 18.8. The van der Waals surface area contributed by atoms with Crippen LogP contribution in [0.1, 0.15) is 47.1 Å². The largest absolute Gasteiger partial charge is 0.339 e. The molecule has 0 saturated heterocycles. The zero-order valence-electron chi connectivity index (χ0n) is 16.8. The minimum atomic E-state index is -0.422. The van der Waals surface area contributed by atoms with Crippen LogP contribution >= 0.6 is 0 Å². The molecule has 5 rings (SSSR count). The number of benzene rings is 1. The summed E-state index contributed by atoms with van der Waals surface area (Å²) in [5, 5.41) is 20.5. The second kappa shape index (κ2) is 7.40. The zero-order chi connectivity index (χ0) is 20.7. The fourth-order valence-corrected chi connectivity index (χ4v) is 3.79. The Labute approximate surface area is 174 Å². The summed E-state index contributed by atoms with van der Waals surface area (Å²) in [6.45, 7) is 1.20. The van der Waals surface area contributed by atoms with Gasteiger partial charge in [0.15, 0.2) is 0 Å². The SMILES string of the molecule is CN1C(=N)[C@@H](NC(=O)c2ncn(Cc3ccccc3)n2)CCn2nc(C3CC3)cc21. The third-order valence-electron chi connectivity index (χ3n) is 5.67. The van der Waals surface area contributed by atoms with Crippen LogP contribution in [0.4, 0.5) is 5.82 Å². The van der Waals surface area contributed by atoms with Gasteiger partial charge in [-0.05, 0) is 24.8 Å². The summed E-state index contributed by atoms with van der Waals surface area (Å²) in [6.07, 6.45) is 4.54. The molecule has 0 bridgehead atoms. The maximum Gasteiger partial charge on any atom is 0.291 e. The van der Waals surface area contributed by atoms with E-state index < -0.39 is 6.04 Å². The lowest BCUT2D eigenvalue weighted by Gasteiger charge is -2.23. The van der Waals surface area contributed by atoms with Gasteiger partial charge in [0.2, 0.25) is 5.82 Å². The molecule has 3 aromatic rings. The van der Waals surface area contributed by atoms with Crippen molar-refractivity contribution in [2.24, 2.45) is 0 Å². The van der Waals surface area contributed by atoms with Crippen molar-refractivity contribution in [1.82, 2.24) is 29.9 Å². The molecule has 1 saturated carbocycles. The molecule has 1 atom stereocenters. The summed E-state index contributed by atoms with van der Waals surface area (Å²) in [6, 6.07) is 11.5. The summed E-state index contributed by atoms with van der Waals surface area (Å²) in [4.78, 5) is 18.7. The van der Waals surface area contributed by atoms with Gasteiger partial charge < -0.3 is 10.2 Å². The Morgan fingerprint density at radius 1 is 1.20 bits per heavy atom. The molecule has 1 fully saturated rings. The quantitative estimate of drug-likeness (QED) is 0.677. The lowest BCUT2D eigenvalue weighted by atomic mass is 10.1. The van der Waals surface area contributed by atoms with E-state index in [1.807, 2.05) is 42.1 Å². The van der Waals surface area contributed by atoms with Crippen molar-refractivity contribution in [3.63, 3.8) is 0 Å². The van der Waals surface area contributed by atoms with E-state index in [1.165, 1.54) is 12.8 Å². The summed E-state index contributed by atoms with van der Waals surface area (Å²) < 4.78 is 3.59. The van der Waals surface area contributed by atoms with Gasteiger partial charge in [0.05, 0.1) is 18.3 Å². The molecule has 0 unspecified atom stereocenters. The van der Waals surface area contributed by atoms with Crippen LogP contribution in [0, 0.1) is 5.41 Å². The molecule has 2 aromatic heterocycles. The predicted molar refractivity (Wildman–Crippen MR) is 112 cm³/mol. The Morgan fingerprint density at radius 2 is 2.00 bits per heavy atom. The van der Waals surface area contributed by atoms with Crippen molar-refractivity contribution in [1.29, 1.82) is 5.41 Å². The van der Waals surface area contributed by atoms with Crippen LogP contribution in [0.15, 0.2) is 42.7 Å². The Kier molecular flexibility index (Phi) is 4.57. The second-order valence-corrected chi connectivity index (χ2v) is 7.94. The number of nitrogens with zero attached hydrogens (tertiary/aromatic N) is 6. The lowest BCUT2D eigenvalue weighted by molar-refractivity contribution is 0.0934. The number of anilines is 1. The van der Waals surface area contributed by atoms with Crippen molar-refractivity contribution in [2.45, 2.75) is 44.3 Å². The highest BCUT2D eigenvalue weighted by Crippen LogP contribution is 2.40. The van der Waals surface area contributed by atoms with Crippen LogP contribution in [0.3, 0.4) is 0 Å². The van der Waals surface area contributed by atoms with Gasteiger partial charge in [0, 0.05) is 25.6 Å². The summed E-state index contributed by atoms with van der Waals surface area (Å²) in [5.41, 5.74) is 2.20. The first-order valence-electron chi connectivity index (χ1n) is 10.2. The van der Waals surface area contributed by atoms with Gasteiger partial charge in [-0.25, -0.2) is 14.3 Å². The maximum absolute atomic E-state index is 12.7. The number of hydrogen-bond acceptors (Lipinski definition) is 5. The van der Waals surface area contributed by atoms with E-state index in [0.717, 1.165) is 17.1 Å². The molecule has 154 valence electrons. The molecule has 0 spiro atoms. The Bertz CT molecular complexity index is 1080. The summed E-state index contributed by atoms with van der Waals surface area (Å²) in [7, 11) is 1.85. The van der Waals surface area contributed by atoms with E-state index in [1.54, 1.807) is 15.9 Å². The lowest BCUT2D eigenvalue weighted by Crippen LogP contribution is -2.46. The number of aromatic nitrogens is 5. The third kappa shape index (κ3) is 3.58. The maximum atomic E-state index is 12.7. The van der Waals surface area contributed by atoms with Crippen molar-refractivity contribution >= 4 is 17.6 Å². The number of hydrogen-bond donors (Lipinski definition) is 2. The van der Waals surface area contributed by atoms with E-state index in [-0.39, 0.29) is 11.7 Å². The van der Waals surface area contributed by atoms with Crippen LogP contribution in [0.2, 0.25) is 0 Å². The van der Waals surface area contributed by atoms with Crippen LogP contribution in [-0.4, -0.2) is 49.4 Å². The average Bonchev–Trinajstić information content (AvgIpc) is 3.37. The van der Waals surface area contributed by atoms with Crippen LogP contribution in [0.5, 0.6) is 0 Å². The molecule has 0 radical (unpaired) electrons. The topological polar surface area (TPSA) is 105 Å². The van der Waals surface area contributed by atoms with E-state index in [2.05, 4.69) is 21.5 Å². The fraction of sp³-hybridized carbons (Fsp3) is 0.381. The highest BCUT2D eigenvalue weighted by molar-refractivity contribution is 6.02. The molecule has 2 aliphatic rings. The molecule has 9 nitrogen and oxygen atoms in total. The molecule has 1 aliphatic heterocycles. The van der Waals surface area contributed by atoms with Crippen molar-refractivity contribution < 1.29 is 4.79 Å². The smallest absolute Gasteiger partial charge is 0.291 e. The van der Waals surface area contributed by atoms with Crippen molar-refractivity contribution in [3.8, 4) is 0 Å². The number of aryl methyl sites for hydroxylation is 1. The average molecular weight is 404 g/mol. The molecule has 30 heavy (non-hydrogen) atoms. The van der Waals surface area contributed by atoms with Crippen LogP contribution < -0.4 is 10.2 Å². The fourth-order valence-electron chi connectivity index (χ4n) is 3.79. The number of carbonyl (C=O) groups excluding carboxylic acids is 1. The Morgan fingerprint density at radius 3 is 2.77 bits per heavy atom. The van der Waals surface area contributed by atoms with Gasteiger partial charge in [-0.15, -0.1) is 5.10 Å². The number of likely N-dealkylation sites (N-methyl/N-ethyl adjacent to an activating group) is 1. The number of carbonyl (C=O) groups is 1. The number of amidine groups is 1. The number of fused-ring (bicyclic) bond motifs is 1. The van der Waals surface area contributed by atoms with Gasteiger partial charge in [-0.2, -0.15) is 5.10 Å². The number of nitrogens with one attached hydrogen (secondary N) is 2. The van der Waals surface area contributed by atoms with Gasteiger partial charge in [0.25, 0.3) is 5.91 Å². The molecule has 2 N–H and O–H groups in total. The number of amides is 1. The molecule has 9 heteroatoms. The van der Waals surface area contributed by atoms with E-state index in [0.29, 0.717) is 31.3 Å². The van der Waals surface area contributed by atoms with E-state index in [4.69, 9.17) is 10.5 Å². The van der Waals surface area contributed by atoms with Gasteiger partial charge >= 0.3 is 0 Å². The minimum Gasteiger partial charge on any atom is -0.339 e. The number of rotatable bonds is 5. The Hall–Kier alpha value is -3.49. The molecular weight excluding hydrogens is 380 g/mol. The predicted octanol–water partition coefficient (Wildman–Crippen LogP) is 2.02. The minimum absolute atomic E-state index is 0.111. The first-order valence-corrected chi connectivity index (χ1v) is 10.2. The molecule has 3 heterocycles. The van der Waals surface area contributed by atoms with E-state index in [9.17, 15) is 4.79 Å². The molecule has 1 aliphatic carbocycles. The highest BCUT2D eigenvalue weighted by Gasteiger charge is 2.32. The molecule has 1 amide bonds. The highest BCUT2D eigenvalue weighted by atomic mass is 16.2. The summed E-state index contributed by atoms with van der Waals surface area (Å²) >= 11 is 0. The van der Waals surface area contributed by atoms with Crippen molar-refractivity contribution in [2.75, 3.05) is 11.9 Å². The first kappa shape index (κ1) is 18.5. The Balaban J connectivity index is 1.26. The summed E-state index contributed by atoms with van der Waals surface area (Å²) in [5.74, 6) is 1.55.